The highest BCUT2D eigenvalue weighted by Gasteiger charge is 2.19. The first kappa shape index (κ1) is 14.0. The number of anilines is 1. The Balaban J connectivity index is 2.25. The van der Waals surface area contributed by atoms with Gasteiger partial charge in [-0.05, 0) is 32.9 Å². The van der Waals surface area contributed by atoms with Crippen LogP contribution in [-0.2, 0) is 0 Å². The number of fused-ring (bicyclic) bond motifs is 1. The molecule has 0 amide bonds. The molecule has 3 aromatic rings. The fourth-order valence-electron chi connectivity index (χ4n) is 2.29. The summed E-state index contributed by atoms with van der Waals surface area (Å²) in [6.07, 6.45) is 1.89. The van der Waals surface area contributed by atoms with E-state index >= 15 is 0 Å². The van der Waals surface area contributed by atoms with E-state index in [1.165, 1.54) is 0 Å². The van der Waals surface area contributed by atoms with Crippen molar-refractivity contribution in [1.82, 2.24) is 9.38 Å². The molecule has 2 aromatic heterocycles. The van der Waals surface area contributed by atoms with E-state index in [0.717, 1.165) is 22.7 Å². The standard InChI is InChI=1S/C17H18ClN3/c1-17(2,3)20-16-15(12-7-5-4-6-8-12)19-14-10-9-13(18)11-21(14)16/h4-11,20H,1-3H3. The van der Waals surface area contributed by atoms with E-state index in [1.54, 1.807) is 0 Å². The molecule has 2 heterocycles. The number of nitrogens with one attached hydrogen (secondary N) is 1. The SMILES string of the molecule is CC(C)(C)Nc1c(-c2ccccc2)nc2ccc(Cl)cn12. The van der Waals surface area contributed by atoms with Crippen LogP contribution in [0.2, 0.25) is 5.02 Å². The Morgan fingerprint density at radius 1 is 1.05 bits per heavy atom. The Bertz CT molecular complexity index is 770. The summed E-state index contributed by atoms with van der Waals surface area (Å²) in [6, 6.07) is 14.0. The molecule has 1 aromatic carbocycles. The summed E-state index contributed by atoms with van der Waals surface area (Å²) in [6.45, 7) is 6.39. The quantitative estimate of drug-likeness (QED) is 0.732. The van der Waals surface area contributed by atoms with Crippen LogP contribution in [0.5, 0.6) is 0 Å². The van der Waals surface area contributed by atoms with Crippen molar-refractivity contribution in [3.8, 4) is 11.3 Å². The lowest BCUT2D eigenvalue weighted by molar-refractivity contribution is 0.629. The number of hydrogen-bond acceptors (Lipinski definition) is 2. The van der Waals surface area contributed by atoms with Crippen molar-refractivity contribution in [2.75, 3.05) is 5.32 Å². The van der Waals surface area contributed by atoms with E-state index in [2.05, 4.69) is 38.2 Å². The van der Waals surface area contributed by atoms with Crippen molar-refractivity contribution in [3.63, 3.8) is 0 Å². The third kappa shape index (κ3) is 2.88. The smallest absolute Gasteiger partial charge is 0.139 e. The molecule has 3 nitrogen and oxygen atoms in total. The molecule has 0 spiro atoms. The molecule has 0 aliphatic rings. The molecule has 0 fully saturated rings. The van der Waals surface area contributed by atoms with Gasteiger partial charge in [0.2, 0.25) is 0 Å². The van der Waals surface area contributed by atoms with Gasteiger partial charge in [-0.3, -0.25) is 4.40 Å². The third-order valence-electron chi connectivity index (χ3n) is 3.12. The first-order valence-electron chi connectivity index (χ1n) is 6.95. The number of hydrogen-bond donors (Lipinski definition) is 1. The summed E-state index contributed by atoms with van der Waals surface area (Å²) in [5.41, 5.74) is 2.84. The van der Waals surface area contributed by atoms with Gasteiger partial charge in [0.1, 0.15) is 17.2 Å². The lowest BCUT2D eigenvalue weighted by atomic mass is 10.1. The number of halogens is 1. The molecular weight excluding hydrogens is 282 g/mol. The number of benzene rings is 1. The molecule has 0 atom stereocenters. The average molecular weight is 300 g/mol. The van der Waals surface area contributed by atoms with Gasteiger partial charge in [0.15, 0.2) is 0 Å². The Morgan fingerprint density at radius 3 is 2.43 bits per heavy atom. The Morgan fingerprint density at radius 2 is 1.76 bits per heavy atom. The molecule has 0 radical (unpaired) electrons. The monoisotopic (exact) mass is 299 g/mol. The van der Waals surface area contributed by atoms with Crippen LogP contribution in [0.25, 0.3) is 16.9 Å². The molecule has 0 saturated carbocycles. The van der Waals surface area contributed by atoms with E-state index in [-0.39, 0.29) is 5.54 Å². The average Bonchev–Trinajstić information content (AvgIpc) is 2.76. The number of nitrogens with zero attached hydrogens (tertiary/aromatic N) is 2. The first-order valence-corrected chi connectivity index (χ1v) is 7.33. The van der Waals surface area contributed by atoms with E-state index in [4.69, 9.17) is 16.6 Å². The van der Waals surface area contributed by atoms with Crippen LogP contribution in [0, 0.1) is 0 Å². The lowest BCUT2D eigenvalue weighted by Gasteiger charge is -2.22. The zero-order valence-electron chi connectivity index (χ0n) is 12.4. The van der Waals surface area contributed by atoms with E-state index in [1.807, 2.05) is 40.9 Å². The highest BCUT2D eigenvalue weighted by atomic mass is 35.5. The third-order valence-corrected chi connectivity index (χ3v) is 3.35. The van der Waals surface area contributed by atoms with E-state index in [0.29, 0.717) is 5.02 Å². The van der Waals surface area contributed by atoms with Crippen molar-refractivity contribution in [2.45, 2.75) is 26.3 Å². The molecule has 1 N–H and O–H groups in total. The fourth-order valence-corrected chi connectivity index (χ4v) is 2.45. The van der Waals surface area contributed by atoms with Crippen molar-refractivity contribution in [2.24, 2.45) is 0 Å². The molecular formula is C17H18ClN3. The molecule has 108 valence electrons. The van der Waals surface area contributed by atoms with Gasteiger partial charge in [-0.15, -0.1) is 0 Å². The lowest BCUT2D eigenvalue weighted by Crippen LogP contribution is -2.27. The highest BCUT2D eigenvalue weighted by molar-refractivity contribution is 6.30. The van der Waals surface area contributed by atoms with E-state index in [9.17, 15) is 0 Å². The van der Waals surface area contributed by atoms with Crippen LogP contribution >= 0.6 is 11.6 Å². The second kappa shape index (κ2) is 5.08. The Hall–Kier alpha value is -2.00. The molecule has 0 aliphatic heterocycles. The summed E-state index contributed by atoms with van der Waals surface area (Å²) < 4.78 is 2.01. The second-order valence-electron chi connectivity index (χ2n) is 6.13. The van der Waals surface area contributed by atoms with Gasteiger partial charge in [-0.25, -0.2) is 4.98 Å². The molecule has 0 saturated heterocycles. The maximum Gasteiger partial charge on any atom is 0.139 e. The summed E-state index contributed by atoms with van der Waals surface area (Å²) in [4.78, 5) is 4.75. The zero-order chi connectivity index (χ0) is 15.0. The number of imidazole rings is 1. The van der Waals surface area contributed by atoms with Crippen LogP contribution in [0.4, 0.5) is 5.82 Å². The number of aromatic nitrogens is 2. The molecule has 0 bridgehead atoms. The van der Waals surface area contributed by atoms with Gasteiger partial charge < -0.3 is 5.32 Å². The van der Waals surface area contributed by atoms with Crippen LogP contribution in [0.1, 0.15) is 20.8 Å². The summed E-state index contributed by atoms with van der Waals surface area (Å²) in [5.74, 6) is 0.964. The van der Waals surface area contributed by atoms with Crippen molar-refractivity contribution in [3.05, 3.63) is 53.7 Å². The Kier molecular flexibility index (Phi) is 3.38. The van der Waals surface area contributed by atoms with Gasteiger partial charge in [-0.1, -0.05) is 41.9 Å². The van der Waals surface area contributed by atoms with Crippen LogP contribution in [0.15, 0.2) is 48.7 Å². The summed E-state index contributed by atoms with van der Waals surface area (Å²) in [5, 5.41) is 4.23. The van der Waals surface area contributed by atoms with Gasteiger partial charge in [0, 0.05) is 17.3 Å². The first-order chi connectivity index (χ1) is 9.94. The largest absolute Gasteiger partial charge is 0.365 e. The normalized spacial score (nSPS) is 11.8. The van der Waals surface area contributed by atoms with Gasteiger partial charge in [-0.2, -0.15) is 0 Å². The minimum absolute atomic E-state index is 0.0676. The summed E-state index contributed by atoms with van der Waals surface area (Å²) >= 11 is 6.14. The molecule has 21 heavy (non-hydrogen) atoms. The predicted octanol–water partition coefficient (Wildman–Crippen LogP) is 4.87. The highest BCUT2D eigenvalue weighted by Crippen LogP contribution is 2.31. The minimum atomic E-state index is -0.0676. The van der Waals surface area contributed by atoms with Crippen molar-refractivity contribution in [1.29, 1.82) is 0 Å². The maximum absolute atomic E-state index is 6.14. The topological polar surface area (TPSA) is 29.3 Å². The van der Waals surface area contributed by atoms with Crippen LogP contribution < -0.4 is 5.32 Å². The minimum Gasteiger partial charge on any atom is -0.365 e. The number of rotatable bonds is 2. The van der Waals surface area contributed by atoms with Gasteiger partial charge >= 0.3 is 0 Å². The van der Waals surface area contributed by atoms with Crippen molar-refractivity contribution >= 4 is 23.1 Å². The molecule has 3 rings (SSSR count). The number of pyridine rings is 1. The van der Waals surface area contributed by atoms with Crippen molar-refractivity contribution < 1.29 is 0 Å². The molecule has 0 unspecified atom stereocenters. The molecule has 0 aliphatic carbocycles. The molecule has 4 heteroatoms. The zero-order valence-corrected chi connectivity index (χ0v) is 13.1. The fraction of sp³-hybridized carbons (Fsp3) is 0.235. The van der Waals surface area contributed by atoms with Gasteiger partial charge in [0.05, 0.1) is 5.02 Å². The second-order valence-corrected chi connectivity index (χ2v) is 6.56. The maximum atomic E-state index is 6.14. The Labute approximate surface area is 129 Å². The predicted molar refractivity (Wildman–Crippen MR) is 89.0 cm³/mol. The van der Waals surface area contributed by atoms with Gasteiger partial charge in [0.25, 0.3) is 0 Å². The summed E-state index contributed by atoms with van der Waals surface area (Å²) in [7, 11) is 0. The van der Waals surface area contributed by atoms with Crippen LogP contribution in [-0.4, -0.2) is 14.9 Å². The van der Waals surface area contributed by atoms with Crippen LogP contribution in [0.3, 0.4) is 0 Å². The van der Waals surface area contributed by atoms with E-state index < -0.39 is 0 Å².